The minimum Gasteiger partial charge on any atom is -0.508 e. The van der Waals surface area contributed by atoms with Gasteiger partial charge in [-0.3, -0.25) is 0 Å². The Labute approximate surface area is 143 Å². The molecule has 0 saturated carbocycles. The molecule has 2 aromatic carbocycles. The summed E-state index contributed by atoms with van der Waals surface area (Å²) < 4.78 is 4.90. The second-order valence-electron chi connectivity index (χ2n) is 5.08. The van der Waals surface area contributed by atoms with E-state index >= 15 is 0 Å². The molecular formula is C21H24O3. The van der Waals surface area contributed by atoms with Crippen molar-refractivity contribution < 1.29 is 14.9 Å². The largest absolute Gasteiger partial charge is 0.508 e. The Balaban J connectivity index is 0.000000351. The van der Waals surface area contributed by atoms with Crippen LogP contribution in [-0.2, 0) is 4.74 Å². The van der Waals surface area contributed by atoms with Gasteiger partial charge in [0, 0.05) is 0 Å². The maximum absolute atomic E-state index is 9.21. The molecule has 2 N–H and O–H groups in total. The van der Waals surface area contributed by atoms with Crippen molar-refractivity contribution >= 4 is 11.6 Å². The first-order valence-electron chi connectivity index (χ1n) is 7.63. The van der Waals surface area contributed by atoms with Gasteiger partial charge in [0.15, 0.2) is 0 Å². The Hall–Kier alpha value is -2.78. The third kappa shape index (κ3) is 7.47. The van der Waals surface area contributed by atoms with Gasteiger partial charge in [-0.2, -0.15) is 0 Å². The van der Waals surface area contributed by atoms with Crippen molar-refractivity contribution in [3.8, 4) is 11.5 Å². The van der Waals surface area contributed by atoms with Gasteiger partial charge in [-0.15, -0.1) is 13.2 Å². The average Bonchev–Trinajstić information content (AvgIpc) is 2.58. The first kappa shape index (κ1) is 19.3. The second kappa shape index (κ2) is 10.9. The molecule has 0 aliphatic rings. The van der Waals surface area contributed by atoms with Crippen molar-refractivity contribution in [3.63, 3.8) is 0 Å². The lowest BCUT2D eigenvalue weighted by molar-refractivity contribution is 0.194. The van der Waals surface area contributed by atoms with Crippen LogP contribution in [0.25, 0.3) is 11.6 Å². The summed E-state index contributed by atoms with van der Waals surface area (Å²) in [5, 5.41) is 18.4. The summed E-state index contributed by atoms with van der Waals surface area (Å²) in [6, 6.07) is 14.1. The van der Waals surface area contributed by atoms with E-state index in [1.54, 1.807) is 36.4 Å². The standard InChI is InChI=1S/C15H14O2.C6H10O/c1-11(13-4-8-15(17)9-5-13)10-12-2-6-14(16)7-3-12;1-3-5-7-6-4-2/h2-10,16-17H,1H3;3-4H,1-2,5-6H2/b11-10+;. The van der Waals surface area contributed by atoms with Gasteiger partial charge in [-0.25, -0.2) is 0 Å². The SMILES string of the molecule is C/C(=C\c1ccc(O)cc1)c1ccc(O)cc1.C=CCOCC=C. The molecule has 0 saturated heterocycles. The van der Waals surface area contributed by atoms with Gasteiger partial charge in [0.25, 0.3) is 0 Å². The summed E-state index contributed by atoms with van der Waals surface area (Å²) in [7, 11) is 0. The highest BCUT2D eigenvalue weighted by Crippen LogP contribution is 2.21. The van der Waals surface area contributed by atoms with E-state index in [4.69, 9.17) is 4.74 Å². The average molecular weight is 324 g/mol. The molecule has 0 heterocycles. The molecule has 0 radical (unpaired) electrons. The highest BCUT2D eigenvalue weighted by molar-refractivity contribution is 5.80. The summed E-state index contributed by atoms with van der Waals surface area (Å²) in [4.78, 5) is 0. The van der Waals surface area contributed by atoms with Gasteiger partial charge in [0.2, 0.25) is 0 Å². The number of ether oxygens (including phenoxy) is 1. The number of phenols is 2. The zero-order chi connectivity index (χ0) is 17.8. The summed E-state index contributed by atoms with van der Waals surface area (Å²) in [5.41, 5.74) is 3.21. The number of allylic oxidation sites excluding steroid dienone is 1. The van der Waals surface area contributed by atoms with E-state index in [1.165, 1.54) is 0 Å². The van der Waals surface area contributed by atoms with Crippen LogP contribution in [0.2, 0.25) is 0 Å². The van der Waals surface area contributed by atoms with Crippen LogP contribution in [-0.4, -0.2) is 23.4 Å². The first-order valence-corrected chi connectivity index (χ1v) is 7.63. The topological polar surface area (TPSA) is 49.7 Å². The molecule has 0 aliphatic carbocycles. The van der Waals surface area contributed by atoms with Crippen LogP contribution < -0.4 is 0 Å². The lowest BCUT2D eigenvalue weighted by Crippen LogP contribution is -1.87. The fraction of sp³-hybridized carbons (Fsp3) is 0.143. The van der Waals surface area contributed by atoms with Gasteiger partial charge in [-0.1, -0.05) is 42.5 Å². The second-order valence-corrected chi connectivity index (χ2v) is 5.08. The predicted molar refractivity (Wildman–Crippen MR) is 101 cm³/mol. The van der Waals surface area contributed by atoms with E-state index in [-0.39, 0.29) is 11.5 Å². The van der Waals surface area contributed by atoms with Gasteiger partial charge < -0.3 is 14.9 Å². The zero-order valence-corrected chi connectivity index (χ0v) is 14.0. The molecular weight excluding hydrogens is 300 g/mol. The molecule has 0 aliphatic heterocycles. The maximum Gasteiger partial charge on any atom is 0.115 e. The van der Waals surface area contributed by atoms with Crippen LogP contribution in [0.1, 0.15) is 18.1 Å². The third-order valence-corrected chi connectivity index (χ3v) is 3.07. The van der Waals surface area contributed by atoms with Crippen molar-refractivity contribution in [3.05, 3.63) is 85.0 Å². The number of aromatic hydroxyl groups is 2. The molecule has 0 aromatic heterocycles. The molecule has 2 rings (SSSR count). The minimum absolute atomic E-state index is 0.268. The molecule has 0 unspecified atom stereocenters. The summed E-state index contributed by atoms with van der Waals surface area (Å²) in [6.07, 6.45) is 5.46. The van der Waals surface area contributed by atoms with Crippen molar-refractivity contribution in [2.24, 2.45) is 0 Å². The number of hydrogen-bond donors (Lipinski definition) is 2. The fourth-order valence-electron chi connectivity index (χ4n) is 1.86. The van der Waals surface area contributed by atoms with Gasteiger partial charge in [0.05, 0.1) is 13.2 Å². The van der Waals surface area contributed by atoms with Crippen LogP contribution >= 0.6 is 0 Å². The smallest absolute Gasteiger partial charge is 0.115 e. The Kier molecular flexibility index (Phi) is 8.72. The summed E-state index contributed by atoms with van der Waals surface area (Å²) in [6.45, 7) is 10.2. The van der Waals surface area contributed by atoms with Crippen LogP contribution in [0.3, 0.4) is 0 Å². The molecule has 0 atom stereocenters. The summed E-state index contributed by atoms with van der Waals surface area (Å²) >= 11 is 0. The maximum atomic E-state index is 9.21. The van der Waals surface area contributed by atoms with E-state index in [0.717, 1.165) is 16.7 Å². The number of benzene rings is 2. The molecule has 3 nitrogen and oxygen atoms in total. The Morgan fingerprint density at radius 1 is 0.875 bits per heavy atom. The van der Waals surface area contributed by atoms with E-state index in [1.807, 2.05) is 37.3 Å². The quantitative estimate of drug-likeness (QED) is 0.445. The van der Waals surface area contributed by atoms with Gasteiger partial charge in [0.1, 0.15) is 11.5 Å². The molecule has 0 bridgehead atoms. The molecule has 126 valence electrons. The van der Waals surface area contributed by atoms with Crippen LogP contribution in [0.4, 0.5) is 0 Å². The third-order valence-electron chi connectivity index (χ3n) is 3.07. The Morgan fingerprint density at radius 2 is 1.33 bits per heavy atom. The van der Waals surface area contributed by atoms with Gasteiger partial charge in [-0.05, 0) is 47.9 Å². The molecule has 0 amide bonds. The van der Waals surface area contributed by atoms with Crippen LogP contribution in [0, 0.1) is 0 Å². The van der Waals surface area contributed by atoms with Crippen LogP contribution in [0.15, 0.2) is 73.8 Å². The minimum atomic E-state index is 0.268. The molecule has 0 fully saturated rings. The Morgan fingerprint density at radius 3 is 1.79 bits per heavy atom. The first-order chi connectivity index (χ1) is 11.6. The zero-order valence-electron chi connectivity index (χ0n) is 14.0. The predicted octanol–water partition coefficient (Wildman–Crippen LogP) is 5.03. The lowest BCUT2D eigenvalue weighted by Gasteiger charge is -2.02. The van der Waals surface area contributed by atoms with Gasteiger partial charge >= 0.3 is 0 Å². The van der Waals surface area contributed by atoms with E-state index in [9.17, 15) is 10.2 Å². The molecule has 3 heteroatoms. The van der Waals surface area contributed by atoms with E-state index < -0.39 is 0 Å². The fourth-order valence-corrected chi connectivity index (χ4v) is 1.86. The van der Waals surface area contributed by atoms with Crippen molar-refractivity contribution in [1.82, 2.24) is 0 Å². The van der Waals surface area contributed by atoms with Crippen LogP contribution in [0.5, 0.6) is 11.5 Å². The Bertz CT molecular complexity index is 644. The molecule has 2 aromatic rings. The number of hydrogen-bond acceptors (Lipinski definition) is 3. The lowest BCUT2D eigenvalue weighted by atomic mass is 10.0. The normalized spacial score (nSPS) is 10.5. The molecule has 0 spiro atoms. The van der Waals surface area contributed by atoms with E-state index in [2.05, 4.69) is 13.2 Å². The highest BCUT2D eigenvalue weighted by Gasteiger charge is 1.97. The monoisotopic (exact) mass is 324 g/mol. The highest BCUT2D eigenvalue weighted by atomic mass is 16.5. The van der Waals surface area contributed by atoms with Crippen molar-refractivity contribution in [2.45, 2.75) is 6.92 Å². The summed E-state index contributed by atoms with van der Waals surface area (Å²) in [5.74, 6) is 0.538. The van der Waals surface area contributed by atoms with E-state index in [0.29, 0.717) is 13.2 Å². The number of rotatable bonds is 6. The number of phenolic OH excluding ortho intramolecular Hbond substituents is 2. The molecule has 24 heavy (non-hydrogen) atoms. The van der Waals surface area contributed by atoms with Crippen molar-refractivity contribution in [1.29, 1.82) is 0 Å². The van der Waals surface area contributed by atoms with Crippen molar-refractivity contribution in [2.75, 3.05) is 13.2 Å².